The van der Waals surface area contributed by atoms with Crippen molar-refractivity contribution in [2.75, 3.05) is 32.6 Å². The number of amides is 3. The van der Waals surface area contributed by atoms with E-state index < -0.39 is 0 Å². The van der Waals surface area contributed by atoms with Crippen LogP contribution in [-0.4, -0.2) is 45.0 Å². The molecule has 2 aromatic rings. The first kappa shape index (κ1) is 20.8. The maximum Gasteiger partial charge on any atom is 0.259 e. The quantitative estimate of drug-likeness (QED) is 0.601. The van der Waals surface area contributed by atoms with Crippen LogP contribution in [0.15, 0.2) is 42.5 Å². The highest BCUT2D eigenvalue weighted by atomic mass is 16.5. The molecule has 0 bridgehead atoms. The number of hydrogen-bond acceptors (Lipinski definition) is 5. The lowest BCUT2D eigenvalue weighted by molar-refractivity contribution is -0.118. The highest BCUT2D eigenvalue weighted by molar-refractivity contribution is 6.06. The molecule has 0 aliphatic rings. The fourth-order valence-electron chi connectivity index (χ4n) is 2.41. The van der Waals surface area contributed by atoms with Crippen molar-refractivity contribution in [1.29, 1.82) is 0 Å². The molecule has 3 N–H and O–H groups in total. The average Bonchev–Trinajstić information content (AvgIpc) is 2.70. The summed E-state index contributed by atoms with van der Waals surface area (Å²) >= 11 is 0. The summed E-state index contributed by atoms with van der Waals surface area (Å²) in [5.41, 5.74) is 1.35. The van der Waals surface area contributed by atoms with Gasteiger partial charge in [0.05, 0.1) is 19.8 Å². The van der Waals surface area contributed by atoms with Crippen LogP contribution in [-0.2, 0) is 4.79 Å². The summed E-state index contributed by atoms with van der Waals surface area (Å²) in [6, 6.07) is 11.4. The lowest BCUT2D eigenvalue weighted by Gasteiger charge is -2.11. The van der Waals surface area contributed by atoms with E-state index in [0.717, 1.165) is 0 Å². The van der Waals surface area contributed by atoms with E-state index in [0.29, 0.717) is 41.4 Å². The number of nitrogens with one attached hydrogen (secondary N) is 3. The molecule has 0 spiro atoms. The Hall–Kier alpha value is -3.55. The summed E-state index contributed by atoms with van der Waals surface area (Å²) in [6.45, 7) is 2.10. The minimum absolute atomic E-state index is 0.150. The largest absolute Gasteiger partial charge is 0.497 e. The second kappa shape index (κ2) is 9.96. The molecule has 0 fully saturated rings. The van der Waals surface area contributed by atoms with Gasteiger partial charge in [-0.3, -0.25) is 14.4 Å². The summed E-state index contributed by atoms with van der Waals surface area (Å²) in [5.74, 6) is 0.226. The monoisotopic (exact) mass is 385 g/mol. The van der Waals surface area contributed by atoms with Crippen molar-refractivity contribution >= 4 is 23.4 Å². The van der Waals surface area contributed by atoms with Gasteiger partial charge in [0.1, 0.15) is 11.5 Å². The van der Waals surface area contributed by atoms with Crippen LogP contribution in [0.4, 0.5) is 5.69 Å². The second-order valence-corrected chi connectivity index (χ2v) is 5.84. The summed E-state index contributed by atoms with van der Waals surface area (Å²) in [6.07, 6.45) is 0. The Kier molecular flexibility index (Phi) is 7.38. The standard InChI is InChI=1S/C20H23N3O5/c1-13(24)21-10-11-22-19(25)14-4-6-15(7-5-14)23-20(26)17-9-8-16(27-2)12-18(17)28-3/h4-9,12H,10-11H2,1-3H3,(H,21,24)(H,22,25)(H,23,26). The molecule has 148 valence electrons. The number of anilines is 1. The van der Waals surface area contributed by atoms with Gasteiger partial charge in [0.25, 0.3) is 11.8 Å². The highest BCUT2D eigenvalue weighted by Gasteiger charge is 2.14. The third kappa shape index (κ3) is 5.73. The molecule has 0 saturated heterocycles. The van der Waals surface area contributed by atoms with E-state index in [4.69, 9.17) is 9.47 Å². The van der Waals surface area contributed by atoms with E-state index >= 15 is 0 Å². The number of methoxy groups -OCH3 is 2. The van der Waals surface area contributed by atoms with Crippen molar-refractivity contribution in [3.05, 3.63) is 53.6 Å². The Labute approximate surface area is 163 Å². The molecule has 2 aromatic carbocycles. The molecule has 0 unspecified atom stereocenters. The van der Waals surface area contributed by atoms with Crippen LogP contribution in [0.25, 0.3) is 0 Å². The van der Waals surface area contributed by atoms with Crippen molar-refractivity contribution in [2.45, 2.75) is 6.92 Å². The smallest absolute Gasteiger partial charge is 0.259 e. The molecule has 0 aliphatic heterocycles. The van der Waals surface area contributed by atoms with Crippen LogP contribution in [0, 0.1) is 0 Å². The molecule has 28 heavy (non-hydrogen) atoms. The number of hydrogen-bond donors (Lipinski definition) is 3. The van der Waals surface area contributed by atoms with Crippen molar-refractivity contribution in [3.63, 3.8) is 0 Å². The molecule has 0 aromatic heterocycles. The zero-order chi connectivity index (χ0) is 20.5. The van der Waals surface area contributed by atoms with Crippen molar-refractivity contribution < 1.29 is 23.9 Å². The molecular formula is C20H23N3O5. The average molecular weight is 385 g/mol. The van der Waals surface area contributed by atoms with Crippen molar-refractivity contribution in [3.8, 4) is 11.5 Å². The number of carbonyl (C=O) groups is 3. The Balaban J connectivity index is 1.97. The van der Waals surface area contributed by atoms with E-state index in [1.54, 1.807) is 42.5 Å². The van der Waals surface area contributed by atoms with Gasteiger partial charge < -0.3 is 25.4 Å². The lowest BCUT2D eigenvalue weighted by atomic mass is 10.1. The van der Waals surface area contributed by atoms with E-state index in [1.165, 1.54) is 21.1 Å². The van der Waals surface area contributed by atoms with Gasteiger partial charge in [-0.15, -0.1) is 0 Å². The van der Waals surface area contributed by atoms with Gasteiger partial charge in [0, 0.05) is 37.3 Å². The normalized spacial score (nSPS) is 9.96. The topological polar surface area (TPSA) is 106 Å². The Bertz CT molecular complexity index is 849. The zero-order valence-electron chi connectivity index (χ0n) is 16.0. The number of ether oxygens (including phenoxy) is 2. The maximum absolute atomic E-state index is 12.5. The van der Waals surface area contributed by atoms with Crippen molar-refractivity contribution in [2.24, 2.45) is 0 Å². The van der Waals surface area contributed by atoms with E-state index in [-0.39, 0.29) is 17.7 Å². The predicted octanol–water partition coefficient (Wildman–Crippen LogP) is 1.82. The van der Waals surface area contributed by atoms with Crippen LogP contribution >= 0.6 is 0 Å². The van der Waals surface area contributed by atoms with Gasteiger partial charge in [-0.05, 0) is 36.4 Å². The fraction of sp³-hybridized carbons (Fsp3) is 0.250. The molecule has 3 amide bonds. The van der Waals surface area contributed by atoms with E-state index in [9.17, 15) is 14.4 Å². The van der Waals surface area contributed by atoms with E-state index in [1.807, 2.05) is 0 Å². The Morgan fingerprint density at radius 2 is 1.54 bits per heavy atom. The zero-order valence-corrected chi connectivity index (χ0v) is 16.0. The van der Waals surface area contributed by atoms with Gasteiger partial charge in [-0.2, -0.15) is 0 Å². The van der Waals surface area contributed by atoms with Gasteiger partial charge in [0.15, 0.2) is 0 Å². The van der Waals surface area contributed by atoms with Crippen LogP contribution in [0.3, 0.4) is 0 Å². The summed E-state index contributed by atoms with van der Waals surface area (Å²) < 4.78 is 10.4. The van der Waals surface area contributed by atoms with Gasteiger partial charge in [-0.25, -0.2) is 0 Å². The summed E-state index contributed by atoms with van der Waals surface area (Å²) in [5, 5.41) is 8.06. The first-order valence-corrected chi connectivity index (χ1v) is 8.60. The minimum atomic E-state index is -0.341. The SMILES string of the molecule is COc1ccc(C(=O)Nc2ccc(C(=O)NCCNC(C)=O)cc2)c(OC)c1. The van der Waals surface area contributed by atoms with Gasteiger partial charge in [0.2, 0.25) is 5.91 Å². The summed E-state index contributed by atoms with van der Waals surface area (Å²) in [7, 11) is 3.01. The van der Waals surface area contributed by atoms with Crippen LogP contribution in [0.1, 0.15) is 27.6 Å². The molecule has 8 nitrogen and oxygen atoms in total. The summed E-state index contributed by atoms with van der Waals surface area (Å²) in [4.78, 5) is 35.3. The Morgan fingerprint density at radius 1 is 0.857 bits per heavy atom. The van der Waals surface area contributed by atoms with Crippen LogP contribution in [0.5, 0.6) is 11.5 Å². The number of carbonyl (C=O) groups excluding carboxylic acids is 3. The third-order valence-electron chi connectivity index (χ3n) is 3.84. The molecule has 0 atom stereocenters. The molecule has 0 saturated carbocycles. The van der Waals surface area contributed by atoms with Gasteiger partial charge in [-0.1, -0.05) is 0 Å². The first-order valence-electron chi connectivity index (χ1n) is 8.60. The predicted molar refractivity (Wildman–Crippen MR) is 105 cm³/mol. The minimum Gasteiger partial charge on any atom is -0.497 e. The lowest BCUT2D eigenvalue weighted by Crippen LogP contribution is -2.33. The van der Waals surface area contributed by atoms with Gasteiger partial charge >= 0.3 is 0 Å². The van der Waals surface area contributed by atoms with Crippen LogP contribution in [0.2, 0.25) is 0 Å². The molecule has 0 aliphatic carbocycles. The van der Waals surface area contributed by atoms with E-state index in [2.05, 4.69) is 16.0 Å². The highest BCUT2D eigenvalue weighted by Crippen LogP contribution is 2.25. The van der Waals surface area contributed by atoms with Crippen LogP contribution < -0.4 is 25.4 Å². The maximum atomic E-state index is 12.5. The third-order valence-corrected chi connectivity index (χ3v) is 3.84. The second-order valence-electron chi connectivity index (χ2n) is 5.84. The Morgan fingerprint density at radius 3 is 2.14 bits per heavy atom. The number of rotatable bonds is 8. The molecular weight excluding hydrogens is 362 g/mol. The fourth-order valence-corrected chi connectivity index (χ4v) is 2.41. The molecule has 0 radical (unpaired) electrons. The molecule has 8 heteroatoms. The molecule has 0 heterocycles. The molecule has 2 rings (SSSR count). The number of benzene rings is 2. The first-order chi connectivity index (χ1) is 13.4. The van der Waals surface area contributed by atoms with Crippen molar-refractivity contribution in [1.82, 2.24) is 10.6 Å².